The van der Waals surface area contributed by atoms with Crippen molar-refractivity contribution in [3.05, 3.63) is 29.8 Å². The summed E-state index contributed by atoms with van der Waals surface area (Å²) in [5.74, 6) is 0.960. The third-order valence-corrected chi connectivity index (χ3v) is 2.71. The molecule has 0 aliphatic heterocycles. The Morgan fingerprint density at radius 1 is 1.24 bits per heavy atom. The number of hydrogen-bond donors (Lipinski definition) is 1. The van der Waals surface area contributed by atoms with Crippen LogP contribution >= 0.6 is 0 Å². The Kier molecular flexibility index (Phi) is 6.06. The number of nitrogens with one attached hydrogen (secondary N) is 1. The van der Waals surface area contributed by atoms with Crippen LogP contribution in [0.25, 0.3) is 0 Å². The van der Waals surface area contributed by atoms with Crippen LogP contribution in [-0.4, -0.2) is 12.6 Å². The third kappa shape index (κ3) is 5.22. The zero-order valence-corrected chi connectivity index (χ0v) is 11.5. The van der Waals surface area contributed by atoms with Crippen molar-refractivity contribution in [2.45, 2.75) is 52.7 Å². The Morgan fingerprint density at radius 3 is 2.65 bits per heavy atom. The third-order valence-electron chi connectivity index (χ3n) is 2.71. The van der Waals surface area contributed by atoms with Gasteiger partial charge in [0.05, 0.1) is 6.10 Å². The van der Waals surface area contributed by atoms with Crippen molar-refractivity contribution in [2.24, 2.45) is 0 Å². The lowest BCUT2D eigenvalue weighted by Crippen LogP contribution is -2.19. The Bertz CT molecular complexity index is 322. The first-order valence-electron chi connectivity index (χ1n) is 6.63. The van der Waals surface area contributed by atoms with Crippen LogP contribution in [0.2, 0.25) is 0 Å². The molecule has 1 aromatic carbocycles. The predicted molar refractivity (Wildman–Crippen MR) is 73.5 cm³/mol. The van der Waals surface area contributed by atoms with Crippen LogP contribution in [0.15, 0.2) is 24.3 Å². The van der Waals surface area contributed by atoms with Crippen LogP contribution in [0.4, 0.5) is 0 Å². The van der Waals surface area contributed by atoms with Gasteiger partial charge in [-0.05, 0) is 51.4 Å². The van der Waals surface area contributed by atoms with Crippen molar-refractivity contribution in [1.29, 1.82) is 0 Å². The number of hydrogen-bond acceptors (Lipinski definition) is 2. The summed E-state index contributed by atoms with van der Waals surface area (Å²) >= 11 is 0. The average Bonchev–Trinajstić information content (AvgIpc) is 2.28. The molecule has 96 valence electrons. The molecular weight excluding hydrogens is 210 g/mol. The van der Waals surface area contributed by atoms with Crippen molar-refractivity contribution in [3.8, 4) is 5.75 Å². The monoisotopic (exact) mass is 235 g/mol. The molecule has 1 N–H and O–H groups in total. The summed E-state index contributed by atoms with van der Waals surface area (Å²) in [5, 5.41) is 3.52. The van der Waals surface area contributed by atoms with Crippen molar-refractivity contribution >= 4 is 0 Å². The van der Waals surface area contributed by atoms with Gasteiger partial charge in [-0.25, -0.2) is 0 Å². The smallest absolute Gasteiger partial charge is 0.120 e. The minimum Gasteiger partial charge on any atom is -0.491 e. The van der Waals surface area contributed by atoms with Crippen molar-refractivity contribution in [3.63, 3.8) is 0 Å². The topological polar surface area (TPSA) is 21.3 Å². The zero-order valence-electron chi connectivity index (χ0n) is 11.5. The maximum atomic E-state index is 5.70. The van der Waals surface area contributed by atoms with E-state index in [1.54, 1.807) is 0 Å². The number of rotatable bonds is 7. The van der Waals surface area contributed by atoms with Crippen molar-refractivity contribution in [2.75, 3.05) is 6.54 Å². The molecule has 0 aliphatic carbocycles. The second kappa shape index (κ2) is 7.33. The van der Waals surface area contributed by atoms with Gasteiger partial charge in [-0.2, -0.15) is 0 Å². The normalized spacial score (nSPS) is 12.8. The molecule has 2 nitrogen and oxygen atoms in total. The fourth-order valence-electron chi connectivity index (χ4n) is 1.74. The molecule has 0 saturated carbocycles. The number of ether oxygens (including phenoxy) is 1. The van der Waals surface area contributed by atoms with E-state index in [1.165, 1.54) is 18.4 Å². The van der Waals surface area contributed by atoms with Gasteiger partial charge in [0.1, 0.15) is 5.75 Å². The van der Waals surface area contributed by atoms with Gasteiger partial charge in [0.15, 0.2) is 0 Å². The molecule has 0 bridgehead atoms. The highest BCUT2D eigenvalue weighted by Crippen LogP contribution is 2.20. The van der Waals surface area contributed by atoms with Crippen molar-refractivity contribution in [1.82, 2.24) is 5.32 Å². The molecule has 0 aliphatic rings. The van der Waals surface area contributed by atoms with Crippen LogP contribution in [0.3, 0.4) is 0 Å². The van der Waals surface area contributed by atoms with Crippen LogP contribution in [-0.2, 0) is 0 Å². The number of unbranched alkanes of at least 4 members (excludes halogenated alkanes) is 1. The van der Waals surface area contributed by atoms with E-state index < -0.39 is 0 Å². The molecular formula is C15H25NO. The maximum absolute atomic E-state index is 5.70. The van der Waals surface area contributed by atoms with E-state index in [4.69, 9.17) is 4.74 Å². The predicted octanol–water partition coefficient (Wildman–Crippen LogP) is 3.92. The lowest BCUT2D eigenvalue weighted by molar-refractivity contribution is 0.242. The molecule has 1 aromatic rings. The van der Waals surface area contributed by atoms with Gasteiger partial charge in [0.2, 0.25) is 0 Å². The quantitative estimate of drug-likeness (QED) is 0.723. The van der Waals surface area contributed by atoms with Crippen LogP contribution in [0.5, 0.6) is 5.75 Å². The van der Waals surface area contributed by atoms with E-state index in [-0.39, 0.29) is 6.10 Å². The van der Waals surface area contributed by atoms with Gasteiger partial charge in [0, 0.05) is 6.04 Å². The molecule has 1 rings (SSSR count). The van der Waals surface area contributed by atoms with E-state index in [0.717, 1.165) is 12.3 Å². The maximum Gasteiger partial charge on any atom is 0.120 e. The first-order valence-corrected chi connectivity index (χ1v) is 6.63. The molecule has 0 saturated heterocycles. The highest BCUT2D eigenvalue weighted by atomic mass is 16.5. The first-order chi connectivity index (χ1) is 8.13. The van der Waals surface area contributed by atoms with E-state index in [1.807, 2.05) is 6.07 Å². The highest BCUT2D eigenvalue weighted by Gasteiger charge is 2.06. The van der Waals surface area contributed by atoms with Crippen LogP contribution in [0.1, 0.15) is 52.1 Å². The Morgan fingerprint density at radius 2 is 2.00 bits per heavy atom. The summed E-state index contributed by atoms with van der Waals surface area (Å²) < 4.78 is 5.70. The van der Waals surface area contributed by atoms with E-state index in [9.17, 15) is 0 Å². The summed E-state index contributed by atoms with van der Waals surface area (Å²) in [7, 11) is 0. The van der Waals surface area contributed by atoms with Gasteiger partial charge in [-0.3, -0.25) is 0 Å². The second-order valence-electron chi connectivity index (χ2n) is 4.77. The lowest BCUT2D eigenvalue weighted by Gasteiger charge is -2.16. The molecule has 17 heavy (non-hydrogen) atoms. The van der Waals surface area contributed by atoms with E-state index in [2.05, 4.69) is 51.2 Å². The molecule has 0 radical (unpaired) electrons. The Hall–Kier alpha value is -1.02. The largest absolute Gasteiger partial charge is 0.491 e. The van der Waals surface area contributed by atoms with E-state index >= 15 is 0 Å². The zero-order chi connectivity index (χ0) is 12.7. The molecule has 0 fully saturated rings. The van der Waals surface area contributed by atoms with Gasteiger partial charge < -0.3 is 10.1 Å². The molecule has 0 heterocycles. The van der Waals surface area contributed by atoms with E-state index in [0.29, 0.717) is 6.04 Å². The summed E-state index contributed by atoms with van der Waals surface area (Å²) in [6.07, 6.45) is 2.69. The van der Waals surface area contributed by atoms with Gasteiger partial charge >= 0.3 is 0 Å². The van der Waals surface area contributed by atoms with Crippen LogP contribution in [0, 0.1) is 0 Å². The first kappa shape index (κ1) is 14.0. The van der Waals surface area contributed by atoms with Gasteiger partial charge in [0.25, 0.3) is 0 Å². The summed E-state index contributed by atoms with van der Waals surface area (Å²) in [5.41, 5.74) is 1.29. The summed E-state index contributed by atoms with van der Waals surface area (Å²) in [4.78, 5) is 0. The molecule has 0 spiro atoms. The van der Waals surface area contributed by atoms with Gasteiger partial charge in [-0.15, -0.1) is 0 Å². The molecule has 1 atom stereocenters. The average molecular weight is 235 g/mol. The fourth-order valence-corrected chi connectivity index (χ4v) is 1.74. The fraction of sp³-hybridized carbons (Fsp3) is 0.600. The minimum atomic E-state index is 0.230. The molecule has 0 aromatic heterocycles. The molecule has 0 unspecified atom stereocenters. The minimum absolute atomic E-state index is 0.230. The molecule has 0 amide bonds. The van der Waals surface area contributed by atoms with Crippen LogP contribution < -0.4 is 10.1 Å². The Labute approximate surface area is 105 Å². The Balaban J connectivity index is 2.57. The molecule has 2 heteroatoms. The number of benzene rings is 1. The SMILES string of the molecule is CCCCN[C@H](C)c1cccc(OC(C)C)c1. The standard InChI is InChI=1S/C15H25NO/c1-5-6-10-16-13(4)14-8-7-9-15(11-14)17-12(2)3/h7-9,11-13,16H,5-6,10H2,1-4H3/t13-/m1/s1. The van der Waals surface area contributed by atoms with Crippen molar-refractivity contribution < 1.29 is 4.74 Å². The van der Waals surface area contributed by atoms with Gasteiger partial charge in [-0.1, -0.05) is 25.5 Å². The highest BCUT2D eigenvalue weighted by molar-refractivity contribution is 5.30. The second-order valence-corrected chi connectivity index (χ2v) is 4.77. The summed E-state index contributed by atoms with van der Waals surface area (Å²) in [6, 6.07) is 8.74. The summed E-state index contributed by atoms with van der Waals surface area (Å²) in [6.45, 7) is 9.59. The lowest BCUT2D eigenvalue weighted by atomic mass is 10.1.